The summed E-state index contributed by atoms with van der Waals surface area (Å²) in [5.74, 6) is 0. The predicted molar refractivity (Wildman–Crippen MR) is 59.6 cm³/mol. The molecule has 0 bridgehead atoms. The second kappa shape index (κ2) is 5.10. The fourth-order valence-corrected chi connectivity index (χ4v) is 2.17. The molecule has 1 atom stereocenters. The van der Waals surface area contributed by atoms with Gasteiger partial charge in [-0.25, -0.2) is 0 Å². The van der Waals surface area contributed by atoms with Gasteiger partial charge in [0.05, 0.1) is 6.61 Å². The van der Waals surface area contributed by atoms with E-state index in [1.54, 1.807) is 7.11 Å². The maximum absolute atomic E-state index is 5.25. The van der Waals surface area contributed by atoms with Gasteiger partial charge in [-0.15, -0.1) is 0 Å². The molecule has 1 rings (SSSR count). The Morgan fingerprint density at radius 2 is 2.21 bits per heavy atom. The minimum atomic E-state index is 0.249. The summed E-state index contributed by atoms with van der Waals surface area (Å²) in [6.07, 6.45) is 1.17. The van der Waals surface area contributed by atoms with Crippen molar-refractivity contribution >= 4 is 0 Å². The highest BCUT2D eigenvalue weighted by atomic mass is 16.5. The van der Waals surface area contributed by atoms with Crippen molar-refractivity contribution in [3.05, 3.63) is 0 Å². The topological polar surface area (TPSA) is 24.5 Å². The molecule has 1 heterocycles. The van der Waals surface area contributed by atoms with E-state index < -0.39 is 0 Å². The van der Waals surface area contributed by atoms with Crippen LogP contribution in [0.1, 0.15) is 27.2 Å². The molecule has 0 spiro atoms. The van der Waals surface area contributed by atoms with Crippen LogP contribution in [-0.4, -0.2) is 49.8 Å². The van der Waals surface area contributed by atoms with Crippen LogP contribution in [0.4, 0.5) is 0 Å². The van der Waals surface area contributed by atoms with Gasteiger partial charge >= 0.3 is 0 Å². The molecule has 0 radical (unpaired) electrons. The molecule has 84 valence electrons. The molecule has 0 saturated carbocycles. The highest BCUT2D eigenvalue weighted by molar-refractivity contribution is 4.89. The summed E-state index contributed by atoms with van der Waals surface area (Å²) < 4.78 is 5.25. The number of rotatable bonds is 4. The largest absolute Gasteiger partial charge is 0.383 e. The van der Waals surface area contributed by atoms with Crippen LogP contribution in [0, 0.1) is 0 Å². The summed E-state index contributed by atoms with van der Waals surface area (Å²) >= 11 is 0. The summed E-state index contributed by atoms with van der Waals surface area (Å²) in [4.78, 5) is 2.54. The first-order chi connectivity index (χ1) is 6.59. The number of ether oxygens (including phenoxy) is 1. The van der Waals surface area contributed by atoms with Crippen molar-refractivity contribution in [2.45, 2.75) is 38.8 Å². The average Bonchev–Trinajstić information content (AvgIpc) is 2.12. The summed E-state index contributed by atoms with van der Waals surface area (Å²) in [5, 5.41) is 3.53. The van der Waals surface area contributed by atoms with Crippen molar-refractivity contribution in [3.8, 4) is 0 Å². The Morgan fingerprint density at radius 3 is 2.71 bits per heavy atom. The van der Waals surface area contributed by atoms with Crippen LogP contribution in [0.25, 0.3) is 0 Å². The maximum atomic E-state index is 5.25. The van der Waals surface area contributed by atoms with Gasteiger partial charge in [0.25, 0.3) is 0 Å². The first kappa shape index (κ1) is 12.0. The fraction of sp³-hybridized carbons (Fsp3) is 1.00. The molecule has 1 aliphatic heterocycles. The third-order valence-electron chi connectivity index (χ3n) is 2.95. The SMILES string of the molecule is CCC(COC)N1CCNC(C)(C)C1. The monoisotopic (exact) mass is 200 g/mol. The zero-order valence-electron chi connectivity index (χ0n) is 9.97. The van der Waals surface area contributed by atoms with E-state index in [-0.39, 0.29) is 5.54 Å². The second-order valence-electron chi connectivity index (χ2n) is 4.80. The van der Waals surface area contributed by atoms with Crippen molar-refractivity contribution in [2.24, 2.45) is 0 Å². The molecule has 14 heavy (non-hydrogen) atoms. The molecule has 0 aromatic heterocycles. The van der Waals surface area contributed by atoms with Crippen LogP contribution >= 0.6 is 0 Å². The molecule has 1 saturated heterocycles. The van der Waals surface area contributed by atoms with Gasteiger partial charge in [-0.1, -0.05) is 6.92 Å². The predicted octanol–water partition coefficient (Wildman–Crippen LogP) is 1.10. The number of methoxy groups -OCH3 is 1. The van der Waals surface area contributed by atoms with Gasteiger partial charge < -0.3 is 10.1 Å². The Morgan fingerprint density at radius 1 is 1.50 bits per heavy atom. The molecule has 3 heteroatoms. The third kappa shape index (κ3) is 3.23. The molecule has 1 N–H and O–H groups in total. The average molecular weight is 200 g/mol. The fourth-order valence-electron chi connectivity index (χ4n) is 2.17. The second-order valence-corrected chi connectivity index (χ2v) is 4.80. The number of hydrogen-bond donors (Lipinski definition) is 1. The molecule has 0 aromatic carbocycles. The lowest BCUT2D eigenvalue weighted by molar-refractivity contribution is 0.0517. The highest BCUT2D eigenvalue weighted by Gasteiger charge is 2.29. The van der Waals surface area contributed by atoms with Crippen LogP contribution in [0.5, 0.6) is 0 Å². The van der Waals surface area contributed by atoms with E-state index in [1.807, 2.05) is 0 Å². The van der Waals surface area contributed by atoms with Gasteiger partial charge in [-0.3, -0.25) is 4.90 Å². The number of hydrogen-bond acceptors (Lipinski definition) is 3. The van der Waals surface area contributed by atoms with Gasteiger partial charge in [0, 0.05) is 38.3 Å². The number of piperazine rings is 1. The molecular formula is C11H24N2O. The Hall–Kier alpha value is -0.120. The summed E-state index contributed by atoms with van der Waals surface area (Å²) in [5.41, 5.74) is 0.249. The molecule has 0 amide bonds. The lowest BCUT2D eigenvalue weighted by atomic mass is 10.00. The van der Waals surface area contributed by atoms with Crippen molar-refractivity contribution in [2.75, 3.05) is 33.4 Å². The minimum Gasteiger partial charge on any atom is -0.383 e. The van der Waals surface area contributed by atoms with E-state index in [0.717, 1.165) is 26.2 Å². The van der Waals surface area contributed by atoms with Gasteiger partial charge in [-0.2, -0.15) is 0 Å². The number of nitrogens with one attached hydrogen (secondary N) is 1. The summed E-state index contributed by atoms with van der Waals surface area (Å²) in [6, 6.07) is 0.585. The van der Waals surface area contributed by atoms with Gasteiger partial charge in [-0.05, 0) is 20.3 Å². The normalized spacial score (nSPS) is 24.9. The number of nitrogens with zero attached hydrogens (tertiary/aromatic N) is 1. The maximum Gasteiger partial charge on any atom is 0.0617 e. The molecule has 0 aliphatic carbocycles. The van der Waals surface area contributed by atoms with Gasteiger partial charge in [0.1, 0.15) is 0 Å². The molecular weight excluding hydrogens is 176 g/mol. The minimum absolute atomic E-state index is 0.249. The zero-order chi connectivity index (χ0) is 10.6. The summed E-state index contributed by atoms with van der Waals surface area (Å²) in [7, 11) is 1.79. The van der Waals surface area contributed by atoms with E-state index in [9.17, 15) is 0 Å². The lowest BCUT2D eigenvalue weighted by Crippen LogP contribution is -2.59. The van der Waals surface area contributed by atoms with E-state index in [1.165, 1.54) is 6.42 Å². The van der Waals surface area contributed by atoms with Crippen LogP contribution in [0.3, 0.4) is 0 Å². The molecule has 1 fully saturated rings. The smallest absolute Gasteiger partial charge is 0.0617 e. The van der Waals surface area contributed by atoms with E-state index in [0.29, 0.717) is 6.04 Å². The highest BCUT2D eigenvalue weighted by Crippen LogP contribution is 2.14. The Bertz CT molecular complexity index is 171. The van der Waals surface area contributed by atoms with E-state index in [2.05, 4.69) is 31.0 Å². The third-order valence-corrected chi connectivity index (χ3v) is 2.95. The quantitative estimate of drug-likeness (QED) is 0.735. The van der Waals surface area contributed by atoms with Crippen LogP contribution in [-0.2, 0) is 4.74 Å². The Balaban J connectivity index is 2.49. The van der Waals surface area contributed by atoms with Crippen molar-refractivity contribution in [1.82, 2.24) is 10.2 Å². The van der Waals surface area contributed by atoms with E-state index >= 15 is 0 Å². The van der Waals surface area contributed by atoms with Crippen LogP contribution < -0.4 is 5.32 Å². The van der Waals surface area contributed by atoms with Crippen molar-refractivity contribution in [1.29, 1.82) is 0 Å². The Kier molecular flexibility index (Phi) is 4.35. The van der Waals surface area contributed by atoms with Crippen molar-refractivity contribution in [3.63, 3.8) is 0 Å². The first-order valence-corrected chi connectivity index (χ1v) is 5.57. The molecule has 3 nitrogen and oxygen atoms in total. The molecule has 1 aliphatic rings. The molecule has 0 aromatic rings. The zero-order valence-corrected chi connectivity index (χ0v) is 9.97. The first-order valence-electron chi connectivity index (χ1n) is 5.57. The van der Waals surface area contributed by atoms with Gasteiger partial charge in [0.15, 0.2) is 0 Å². The molecule has 1 unspecified atom stereocenters. The van der Waals surface area contributed by atoms with Gasteiger partial charge in [0.2, 0.25) is 0 Å². The standard InChI is InChI=1S/C11H24N2O/c1-5-10(8-14-4)13-7-6-12-11(2,3)9-13/h10,12H,5-9H2,1-4H3. The Labute approximate surface area is 87.8 Å². The van der Waals surface area contributed by atoms with E-state index in [4.69, 9.17) is 4.74 Å². The van der Waals surface area contributed by atoms with Crippen LogP contribution in [0.2, 0.25) is 0 Å². The van der Waals surface area contributed by atoms with Crippen molar-refractivity contribution < 1.29 is 4.74 Å². The summed E-state index contributed by atoms with van der Waals surface area (Å²) in [6.45, 7) is 11.0. The lowest BCUT2D eigenvalue weighted by Gasteiger charge is -2.42. The van der Waals surface area contributed by atoms with Crippen LogP contribution in [0.15, 0.2) is 0 Å².